The van der Waals surface area contributed by atoms with Crippen molar-refractivity contribution in [2.24, 2.45) is 5.73 Å². The van der Waals surface area contributed by atoms with Gasteiger partial charge in [0, 0.05) is 54.4 Å². The Bertz CT molecular complexity index is 1500. The number of amides is 3. The molecule has 1 saturated carbocycles. The second-order valence-electron chi connectivity index (χ2n) is 12.1. The molecule has 0 spiro atoms. The van der Waals surface area contributed by atoms with Crippen LogP contribution in [0.15, 0.2) is 42.6 Å². The number of nitrogens with two attached hydrogens (primary N) is 2. The molecule has 238 valence electrons. The van der Waals surface area contributed by atoms with Gasteiger partial charge in [-0.2, -0.15) is 0 Å². The first-order valence-corrected chi connectivity index (χ1v) is 16.0. The topological polar surface area (TPSA) is 152 Å². The first-order chi connectivity index (χ1) is 21.8. The summed E-state index contributed by atoms with van der Waals surface area (Å²) in [5.74, 6) is 6.29. The average Bonchev–Trinajstić information content (AvgIpc) is 3.36. The number of benzene rings is 2. The van der Waals surface area contributed by atoms with Crippen molar-refractivity contribution in [2.75, 3.05) is 19.4 Å². The van der Waals surface area contributed by atoms with E-state index in [0.717, 1.165) is 74.6 Å². The van der Waals surface area contributed by atoms with E-state index >= 15 is 0 Å². The molecule has 7 N–H and O–H groups in total. The monoisotopic (exact) mass is 612 g/mol. The summed E-state index contributed by atoms with van der Waals surface area (Å²) in [4.78, 5) is 38.1. The fourth-order valence-corrected chi connectivity index (χ4v) is 6.28. The Kier molecular flexibility index (Phi) is 10.6. The van der Waals surface area contributed by atoms with Gasteiger partial charge in [0.15, 0.2) is 0 Å². The van der Waals surface area contributed by atoms with Crippen LogP contribution in [0.5, 0.6) is 5.75 Å². The van der Waals surface area contributed by atoms with Gasteiger partial charge in [-0.25, -0.2) is 0 Å². The largest absolute Gasteiger partial charge is 0.495 e. The van der Waals surface area contributed by atoms with Crippen molar-refractivity contribution in [3.8, 4) is 17.6 Å². The van der Waals surface area contributed by atoms with Gasteiger partial charge in [0.2, 0.25) is 11.8 Å². The molecule has 10 heteroatoms. The second-order valence-corrected chi connectivity index (χ2v) is 12.1. The molecule has 10 nitrogen and oxygen atoms in total. The number of unbranched alkanes of at least 4 members (excludes halogenated alkanes) is 3. The molecule has 5 rings (SSSR count). The van der Waals surface area contributed by atoms with Gasteiger partial charge in [0.25, 0.3) is 5.91 Å². The molecule has 2 fully saturated rings. The zero-order chi connectivity index (χ0) is 31.8. The lowest BCUT2D eigenvalue weighted by Gasteiger charge is -2.29. The van der Waals surface area contributed by atoms with Crippen molar-refractivity contribution in [1.29, 1.82) is 0 Å². The number of nitrogens with one attached hydrogen (secondary N) is 3. The van der Waals surface area contributed by atoms with Crippen molar-refractivity contribution in [2.45, 2.75) is 88.9 Å². The molecule has 0 bridgehead atoms. The highest BCUT2D eigenvalue weighted by molar-refractivity contribution is 6.05. The maximum absolute atomic E-state index is 12.9. The van der Waals surface area contributed by atoms with Crippen LogP contribution in [0, 0.1) is 11.8 Å². The summed E-state index contributed by atoms with van der Waals surface area (Å²) in [6.45, 7) is 1.39. The summed E-state index contributed by atoms with van der Waals surface area (Å²) >= 11 is 0. The van der Waals surface area contributed by atoms with E-state index in [1.54, 1.807) is 24.1 Å². The number of ether oxygens (including phenoxy) is 1. The van der Waals surface area contributed by atoms with Gasteiger partial charge >= 0.3 is 0 Å². The Morgan fingerprint density at radius 3 is 2.62 bits per heavy atom. The van der Waals surface area contributed by atoms with Gasteiger partial charge in [0.1, 0.15) is 11.8 Å². The van der Waals surface area contributed by atoms with E-state index in [2.05, 4.69) is 27.8 Å². The van der Waals surface area contributed by atoms with Gasteiger partial charge in [0.05, 0.1) is 18.5 Å². The number of hydrogen-bond acceptors (Lipinski definition) is 8. The van der Waals surface area contributed by atoms with Crippen LogP contribution in [0.3, 0.4) is 0 Å². The van der Waals surface area contributed by atoms with E-state index in [1.165, 1.54) is 0 Å². The molecule has 0 radical (unpaired) electrons. The lowest BCUT2D eigenvalue weighted by atomic mass is 9.91. The second kappa shape index (κ2) is 15.0. The summed E-state index contributed by atoms with van der Waals surface area (Å²) < 4.78 is 5.29. The third-order valence-electron chi connectivity index (χ3n) is 8.94. The van der Waals surface area contributed by atoms with Crippen LogP contribution in [0.2, 0.25) is 0 Å². The number of nitrogens with zero attached hydrogens (tertiary/aromatic N) is 1. The molecule has 1 unspecified atom stereocenters. The molecule has 3 amide bonds. The summed E-state index contributed by atoms with van der Waals surface area (Å²) in [5.41, 5.74) is 16.7. The van der Waals surface area contributed by atoms with Crippen LogP contribution >= 0.6 is 0 Å². The third-order valence-corrected chi connectivity index (χ3v) is 8.94. The van der Waals surface area contributed by atoms with E-state index in [0.29, 0.717) is 47.7 Å². The highest BCUT2D eigenvalue weighted by atomic mass is 16.5. The van der Waals surface area contributed by atoms with Crippen LogP contribution in [-0.2, 0) is 16.1 Å². The number of anilines is 1. The number of carbonyl (C=O) groups excluding carboxylic acids is 3. The quantitative estimate of drug-likeness (QED) is 0.112. The van der Waals surface area contributed by atoms with Crippen LogP contribution in [0.4, 0.5) is 5.69 Å². The van der Waals surface area contributed by atoms with Crippen LogP contribution in [0.25, 0.3) is 5.70 Å². The minimum atomic E-state index is -0.599. The molecular weight excluding hydrogens is 568 g/mol. The number of rotatable bonds is 11. The van der Waals surface area contributed by atoms with E-state index in [9.17, 15) is 14.4 Å². The number of fused-ring (bicyclic) bond motifs is 1. The standard InChI is InChI=1S/C35H44N6O4/c1-45-32-20-24(9-15-29(32)36)30(37)21-39-27-12-10-26(11-13-27)38-18-6-4-2-3-5-7-23-8-14-28-25(19-23)22-41(35(28)44)31-16-17-33(42)40-34(31)43/h8-9,14-15,19-21,26-27,31,38-39H,2-4,6,10-13,16-18,22,36-37H2,1H3,(H,40,42,43)/b30-21-. The van der Waals surface area contributed by atoms with Crippen molar-refractivity contribution in [1.82, 2.24) is 20.9 Å². The molecule has 2 aromatic rings. The lowest BCUT2D eigenvalue weighted by molar-refractivity contribution is -0.136. The first-order valence-electron chi connectivity index (χ1n) is 16.0. The third kappa shape index (κ3) is 8.17. The van der Waals surface area contributed by atoms with Crippen molar-refractivity contribution >= 4 is 29.1 Å². The van der Waals surface area contributed by atoms with E-state index in [4.69, 9.17) is 16.2 Å². The molecular formula is C35H44N6O4. The maximum atomic E-state index is 12.9. The summed E-state index contributed by atoms with van der Waals surface area (Å²) in [5, 5.41) is 9.56. The molecule has 2 aliphatic heterocycles. The predicted octanol–water partition coefficient (Wildman–Crippen LogP) is 3.40. The van der Waals surface area contributed by atoms with Gasteiger partial charge in [-0.1, -0.05) is 24.3 Å². The SMILES string of the molecule is COc1cc(/C(N)=C/NC2CCC(NCCCCCC#Cc3ccc4c(c3)CN(C3CCC(=O)NC3=O)C4=O)CC2)ccc1N. The molecule has 0 aromatic heterocycles. The van der Waals surface area contributed by atoms with Crippen LogP contribution in [0.1, 0.15) is 91.3 Å². The van der Waals surface area contributed by atoms with Crippen LogP contribution in [-0.4, -0.2) is 54.4 Å². The molecule has 1 aliphatic carbocycles. The Morgan fingerprint density at radius 1 is 1.04 bits per heavy atom. The number of carbonyl (C=O) groups is 3. The Labute approximate surface area is 265 Å². The number of piperidine rings is 1. The normalized spacial score (nSPS) is 21.5. The van der Waals surface area contributed by atoms with Gasteiger partial charge in [-0.3, -0.25) is 19.7 Å². The number of imide groups is 1. The predicted molar refractivity (Wildman–Crippen MR) is 175 cm³/mol. The van der Waals surface area contributed by atoms with Crippen molar-refractivity contribution in [3.05, 3.63) is 64.9 Å². The number of hydrogen-bond donors (Lipinski definition) is 5. The minimum absolute atomic E-state index is 0.160. The molecule has 2 aromatic carbocycles. The van der Waals surface area contributed by atoms with E-state index in [1.807, 2.05) is 30.5 Å². The molecule has 1 atom stereocenters. The first kappa shape index (κ1) is 31.9. The zero-order valence-corrected chi connectivity index (χ0v) is 26.0. The molecule has 3 aliphatic rings. The highest BCUT2D eigenvalue weighted by Crippen LogP contribution is 2.28. The van der Waals surface area contributed by atoms with Gasteiger partial charge < -0.3 is 31.7 Å². The van der Waals surface area contributed by atoms with Crippen LogP contribution < -0.4 is 32.2 Å². The Morgan fingerprint density at radius 2 is 1.84 bits per heavy atom. The number of methoxy groups -OCH3 is 1. The summed E-state index contributed by atoms with van der Waals surface area (Å²) in [6, 6.07) is 11.6. The zero-order valence-electron chi connectivity index (χ0n) is 26.0. The maximum Gasteiger partial charge on any atom is 0.255 e. The molecule has 2 heterocycles. The fraction of sp³-hybridized carbons (Fsp3) is 0.457. The van der Waals surface area contributed by atoms with Gasteiger partial charge in [-0.15, -0.1) is 0 Å². The van der Waals surface area contributed by atoms with E-state index in [-0.39, 0.29) is 18.2 Å². The smallest absolute Gasteiger partial charge is 0.255 e. The highest BCUT2D eigenvalue weighted by Gasteiger charge is 2.39. The Balaban J connectivity index is 0.952. The van der Waals surface area contributed by atoms with Crippen molar-refractivity contribution in [3.63, 3.8) is 0 Å². The lowest BCUT2D eigenvalue weighted by Crippen LogP contribution is -2.52. The number of nitrogen functional groups attached to an aromatic ring is 1. The Hall–Kier alpha value is -4.49. The minimum Gasteiger partial charge on any atom is -0.495 e. The van der Waals surface area contributed by atoms with E-state index < -0.39 is 11.9 Å². The van der Waals surface area contributed by atoms with Crippen molar-refractivity contribution < 1.29 is 19.1 Å². The summed E-state index contributed by atoms with van der Waals surface area (Å²) in [7, 11) is 1.60. The molecule has 45 heavy (non-hydrogen) atoms. The fourth-order valence-electron chi connectivity index (χ4n) is 6.28. The van der Waals surface area contributed by atoms with Gasteiger partial charge in [-0.05, 0) is 87.4 Å². The molecule has 1 saturated heterocycles. The summed E-state index contributed by atoms with van der Waals surface area (Å²) in [6.07, 6.45) is 11.1. The average molecular weight is 613 g/mol.